The highest BCUT2D eigenvalue weighted by atomic mass is 16.4. The van der Waals surface area contributed by atoms with Crippen LogP contribution in [0.1, 0.15) is 30.6 Å². The minimum Gasteiger partial charge on any atom is -0.507 e. The lowest BCUT2D eigenvalue weighted by Crippen LogP contribution is -2.21. The summed E-state index contributed by atoms with van der Waals surface area (Å²) in [6, 6.07) is 5.73. The van der Waals surface area contributed by atoms with E-state index in [2.05, 4.69) is 13.8 Å². The first-order valence-corrected chi connectivity index (χ1v) is 6.50. The SMILES string of the molecule is CC(C)CCn1c(=O)cc(O)c2c(C(=O)O)cccc21. The molecule has 0 aliphatic carbocycles. The van der Waals surface area contributed by atoms with Crippen molar-refractivity contribution in [3.05, 3.63) is 40.2 Å². The molecular weight excluding hydrogens is 258 g/mol. The molecular formula is C15H17NO4. The number of carboxylic acids is 1. The largest absolute Gasteiger partial charge is 0.507 e. The molecule has 0 saturated carbocycles. The van der Waals surface area contributed by atoms with Gasteiger partial charge in [0, 0.05) is 12.6 Å². The Labute approximate surface area is 116 Å². The number of fused-ring (bicyclic) bond motifs is 1. The van der Waals surface area contributed by atoms with Gasteiger partial charge in [-0.1, -0.05) is 19.9 Å². The van der Waals surface area contributed by atoms with Gasteiger partial charge in [-0.2, -0.15) is 0 Å². The van der Waals surface area contributed by atoms with E-state index in [-0.39, 0.29) is 22.3 Å². The third kappa shape index (κ3) is 2.52. The molecule has 0 bridgehead atoms. The smallest absolute Gasteiger partial charge is 0.336 e. The molecule has 2 N–H and O–H groups in total. The van der Waals surface area contributed by atoms with Gasteiger partial charge in [-0.15, -0.1) is 0 Å². The summed E-state index contributed by atoms with van der Waals surface area (Å²) in [5.74, 6) is -0.989. The average Bonchev–Trinajstić information content (AvgIpc) is 2.37. The van der Waals surface area contributed by atoms with Crippen LogP contribution in [0.3, 0.4) is 0 Å². The van der Waals surface area contributed by atoms with E-state index in [0.717, 1.165) is 12.5 Å². The van der Waals surface area contributed by atoms with E-state index in [0.29, 0.717) is 18.0 Å². The van der Waals surface area contributed by atoms with Crippen LogP contribution in [0.4, 0.5) is 0 Å². The molecule has 106 valence electrons. The second-order valence-corrected chi connectivity index (χ2v) is 5.21. The lowest BCUT2D eigenvalue weighted by Gasteiger charge is -2.13. The van der Waals surface area contributed by atoms with Gasteiger partial charge in [-0.05, 0) is 24.5 Å². The summed E-state index contributed by atoms with van der Waals surface area (Å²) in [7, 11) is 0. The van der Waals surface area contributed by atoms with Crippen molar-refractivity contribution in [1.82, 2.24) is 4.57 Å². The van der Waals surface area contributed by atoms with Crippen LogP contribution in [-0.4, -0.2) is 20.7 Å². The third-order valence-corrected chi connectivity index (χ3v) is 3.28. The monoisotopic (exact) mass is 275 g/mol. The van der Waals surface area contributed by atoms with Crippen molar-refractivity contribution in [2.45, 2.75) is 26.8 Å². The normalized spacial score (nSPS) is 11.2. The molecule has 5 nitrogen and oxygen atoms in total. The quantitative estimate of drug-likeness (QED) is 0.898. The molecule has 1 heterocycles. The van der Waals surface area contributed by atoms with E-state index < -0.39 is 5.97 Å². The molecule has 1 aromatic heterocycles. The van der Waals surface area contributed by atoms with Crippen molar-refractivity contribution in [1.29, 1.82) is 0 Å². The summed E-state index contributed by atoms with van der Waals surface area (Å²) >= 11 is 0. The first kappa shape index (κ1) is 14.1. The van der Waals surface area contributed by atoms with E-state index in [1.807, 2.05) is 0 Å². The van der Waals surface area contributed by atoms with Gasteiger partial charge in [0.25, 0.3) is 5.56 Å². The third-order valence-electron chi connectivity index (χ3n) is 3.28. The molecule has 0 saturated heterocycles. The standard InChI is InChI=1S/C15H17NO4/c1-9(2)6-7-16-11-5-3-4-10(15(19)20)14(11)12(17)8-13(16)18/h3-5,8-9,17H,6-7H2,1-2H3,(H,19,20). The summed E-state index contributed by atoms with van der Waals surface area (Å²) in [6.07, 6.45) is 0.803. The Morgan fingerprint density at radius 3 is 2.65 bits per heavy atom. The number of nitrogens with zero attached hydrogens (tertiary/aromatic N) is 1. The number of aromatic hydroxyl groups is 1. The van der Waals surface area contributed by atoms with Gasteiger partial charge >= 0.3 is 5.97 Å². The minimum absolute atomic E-state index is 0.00158. The van der Waals surface area contributed by atoms with Crippen molar-refractivity contribution in [2.24, 2.45) is 5.92 Å². The Bertz CT molecular complexity index is 716. The van der Waals surface area contributed by atoms with Crippen LogP contribution in [-0.2, 0) is 6.54 Å². The lowest BCUT2D eigenvalue weighted by molar-refractivity contribution is 0.0698. The summed E-state index contributed by atoms with van der Waals surface area (Å²) < 4.78 is 1.52. The summed E-state index contributed by atoms with van der Waals surface area (Å²) in [5, 5.41) is 19.3. The van der Waals surface area contributed by atoms with Gasteiger partial charge in [0.15, 0.2) is 0 Å². The molecule has 0 amide bonds. The van der Waals surface area contributed by atoms with Crippen molar-refractivity contribution < 1.29 is 15.0 Å². The molecule has 1 aromatic carbocycles. The zero-order valence-corrected chi connectivity index (χ0v) is 11.5. The minimum atomic E-state index is -1.13. The fourth-order valence-electron chi connectivity index (χ4n) is 2.22. The van der Waals surface area contributed by atoms with Gasteiger partial charge in [0.1, 0.15) is 5.75 Å². The number of carboxylic acid groups (broad SMARTS) is 1. The van der Waals surface area contributed by atoms with Crippen LogP contribution in [0.2, 0.25) is 0 Å². The maximum atomic E-state index is 12.0. The highest BCUT2D eigenvalue weighted by molar-refractivity contribution is 6.05. The van der Waals surface area contributed by atoms with E-state index >= 15 is 0 Å². The first-order chi connectivity index (χ1) is 9.41. The number of hydrogen-bond acceptors (Lipinski definition) is 3. The zero-order valence-electron chi connectivity index (χ0n) is 11.5. The summed E-state index contributed by atoms with van der Waals surface area (Å²) in [6.45, 7) is 4.60. The van der Waals surface area contributed by atoms with Crippen molar-refractivity contribution in [3.8, 4) is 5.75 Å². The maximum absolute atomic E-state index is 12.0. The molecule has 0 aliphatic heterocycles. The molecule has 5 heteroatoms. The number of aromatic carboxylic acids is 1. The molecule has 0 aliphatic rings. The second-order valence-electron chi connectivity index (χ2n) is 5.21. The Kier molecular flexibility index (Phi) is 3.79. The van der Waals surface area contributed by atoms with E-state index in [4.69, 9.17) is 0 Å². The highest BCUT2D eigenvalue weighted by Gasteiger charge is 2.15. The molecule has 2 rings (SSSR count). The molecule has 0 unspecified atom stereocenters. The van der Waals surface area contributed by atoms with Crippen LogP contribution >= 0.6 is 0 Å². The predicted molar refractivity (Wildman–Crippen MR) is 76.3 cm³/mol. The molecule has 0 fully saturated rings. The van der Waals surface area contributed by atoms with E-state index in [1.165, 1.54) is 10.6 Å². The topological polar surface area (TPSA) is 79.5 Å². The van der Waals surface area contributed by atoms with Gasteiger partial charge in [-0.3, -0.25) is 4.79 Å². The van der Waals surface area contributed by atoms with E-state index in [9.17, 15) is 19.8 Å². The van der Waals surface area contributed by atoms with Crippen molar-refractivity contribution in [3.63, 3.8) is 0 Å². The fraction of sp³-hybridized carbons (Fsp3) is 0.333. The van der Waals surface area contributed by atoms with Crippen LogP contribution in [0.15, 0.2) is 29.1 Å². The molecule has 0 spiro atoms. The van der Waals surface area contributed by atoms with Crippen molar-refractivity contribution >= 4 is 16.9 Å². The predicted octanol–water partition coefficient (Wildman–Crippen LogP) is 2.45. The molecule has 20 heavy (non-hydrogen) atoms. The number of hydrogen-bond donors (Lipinski definition) is 2. The van der Waals surface area contributed by atoms with Gasteiger partial charge < -0.3 is 14.8 Å². The Morgan fingerprint density at radius 1 is 1.35 bits per heavy atom. The number of pyridine rings is 1. The number of carbonyl (C=O) groups is 1. The number of rotatable bonds is 4. The Hall–Kier alpha value is -2.30. The van der Waals surface area contributed by atoms with Gasteiger partial charge in [0.2, 0.25) is 0 Å². The van der Waals surface area contributed by atoms with E-state index in [1.54, 1.807) is 12.1 Å². The van der Waals surface area contributed by atoms with Gasteiger partial charge in [0.05, 0.1) is 16.5 Å². The molecule has 2 aromatic rings. The van der Waals surface area contributed by atoms with Crippen LogP contribution in [0, 0.1) is 5.92 Å². The van der Waals surface area contributed by atoms with Crippen molar-refractivity contribution in [2.75, 3.05) is 0 Å². The summed E-state index contributed by atoms with van der Waals surface area (Å²) in [5.41, 5.74) is 0.132. The fourth-order valence-corrected chi connectivity index (χ4v) is 2.22. The molecule has 0 atom stereocenters. The van der Waals surface area contributed by atoms with Crippen LogP contribution in [0.25, 0.3) is 10.9 Å². The zero-order chi connectivity index (χ0) is 14.9. The first-order valence-electron chi connectivity index (χ1n) is 6.50. The van der Waals surface area contributed by atoms with Crippen LogP contribution < -0.4 is 5.56 Å². The molecule has 0 radical (unpaired) electrons. The second kappa shape index (κ2) is 5.36. The number of aryl methyl sites for hydroxylation is 1. The average molecular weight is 275 g/mol. The maximum Gasteiger partial charge on any atom is 0.336 e. The number of aromatic nitrogens is 1. The van der Waals surface area contributed by atoms with Crippen LogP contribution in [0.5, 0.6) is 5.75 Å². The Morgan fingerprint density at radius 2 is 2.05 bits per heavy atom. The van der Waals surface area contributed by atoms with Gasteiger partial charge in [-0.25, -0.2) is 4.79 Å². The highest BCUT2D eigenvalue weighted by Crippen LogP contribution is 2.26. The summed E-state index contributed by atoms with van der Waals surface area (Å²) in [4.78, 5) is 23.2. The number of benzene rings is 1. The lowest BCUT2D eigenvalue weighted by atomic mass is 10.1. The Balaban J connectivity index is 2.73.